The van der Waals surface area contributed by atoms with Gasteiger partial charge in [-0.25, -0.2) is 9.78 Å². The summed E-state index contributed by atoms with van der Waals surface area (Å²) in [6, 6.07) is 9.00. The average Bonchev–Trinajstić information content (AvgIpc) is 2.78. The highest BCUT2D eigenvalue weighted by Crippen LogP contribution is 2.29. The van der Waals surface area contributed by atoms with Crippen LogP contribution >= 0.6 is 22.9 Å². The molecule has 0 atom stereocenters. The Hall–Kier alpha value is -1.90. The third-order valence-electron chi connectivity index (χ3n) is 2.32. The van der Waals surface area contributed by atoms with E-state index in [1.54, 1.807) is 25.1 Å². The van der Waals surface area contributed by atoms with E-state index >= 15 is 0 Å². The molecule has 2 aromatic rings. The topological polar surface area (TPSA) is 63.0 Å². The van der Waals surface area contributed by atoms with Crippen LogP contribution in [0, 0.1) is 18.3 Å². The van der Waals surface area contributed by atoms with E-state index in [4.69, 9.17) is 21.6 Å². The Kier molecular flexibility index (Phi) is 4.15. The summed E-state index contributed by atoms with van der Waals surface area (Å²) in [7, 11) is 0. The van der Waals surface area contributed by atoms with Crippen molar-refractivity contribution in [3.05, 3.63) is 39.9 Å². The van der Waals surface area contributed by atoms with Gasteiger partial charge in [0.25, 0.3) is 0 Å². The smallest absolute Gasteiger partial charge is 0.351 e. The zero-order chi connectivity index (χ0) is 13.8. The maximum Gasteiger partial charge on any atom is 0.351 e. The lowest BCUT2D eigenvalue weighted by atomic mass is 10.2. The molecule has 0 spiro atoms. The minimum atomic E-state index is -0.523. The van der Waals surface area contributed by atoms with Crippen molar-refractivity contribution in [3.8, 4) is 16.6 Å². The lowest BCUT2D eigenvalue weighted by Gasteiger charge is -1.97. The van der Waals surface area contributed by atoms with Crippen LogP contribution in [-0.2, 0) is 4.74 Å². The largest absolute Gasteiger partial charge is 0.446 e. The van der Waals surface area contributed by atoms with Crippen LogP contribution < -0.4 is 0 Å². The molecule has 0 saturated carbocycles. The summed E-state index contributed by atoms with van der Waals surface area (Å²) in [5.41, 5.74) is 1.43. The summed E-state index contributed by atoms with van der Waals surface area (Å²) >= 11 is 7.15. The van der Waals surface area contributed by atoms with Gasteiger partial charge in [0.1, 0.15) is 16.0 Å². The Bertz CT molecular complexity index is 661. The van der Waals surface area contributed by atoms with Gasteiger partial charge in [-0.2, -0.15) is 5.26 Å². The summed E-state index contributed by atoms with van der Waals surface area (Å²) in [4.78, 5) is 16.4. The Balaban J connectivity index is 2.31. The van der Waals surface area contributed by atoms with E-state index < -0.39 is 5.97 Å². The number of aryl methyl sites for hydroxylation is 1. The van der Waals surface area contributed by atoms with Crippen LogP contribution in [0.15, 0.2) is 24.3 Å². The van der Waals surface area contributed by atoms with Crippen molar-refractivity contribution >= 4 is 28.9 Å². The zero-order valence-electron chi connectivity index (χ0n) is 10.0. The van der Waals surface area contributed by atoms with Crippen LogP contribution in [0.3, 0.4) is 0 Å². The normalized spacial score (nSPS) is 9.95. The van der Waals surface area contributed by atoms with Gasteiger partial charge in [0.2, 0.25) is 0 Å². The monoisotopic (exact) mass is 292 g/mol. The van der Waals surface area contributed by atoms with E-state index in [0.717, 1.165) is 5.56 Å². The molecule has 6 heteroatoms. The van der Waals surface area contributed by atoms with E-state index in [1.807, 2.05) is 12.1 Å². The maximum atomic E-state index is 11.7. The molecule has 1 aromatic carbocycles. The number of nitriles is 1. The Labute approximate surface area is 119 Å². The van der Waals surface area contributed by atoms with Gasteiger partial charge in [-0.1, -0.05) is 23.7 Å². The van der Waals surface area contributed by atoms with Gasteiger partial charge in [-0.3, -0.25) is 0 Å². The first-order valence-electron chi connectivity index (χ1n) is 5.39. The fraction of sp³-hybridized carbons (Fsp3) is 0.154. The minimum Gasteiger partial charge on any atom is -0.446 e. The zero-order valence-corrected chi connectivity index (χ0v) is 11.6. The van der Waals surface area contributed by atoms with Crippen molar-refractivity contribution in [1.82, 2.24) is 4.98 Å². The molecule has 4 nitrogen and oxygen atoms in total. The predicted molar refractivity (Wildman–Crippen MR) is 73.2 cm³/mol. The minimum absolute atomic E-state index is 0.261. The number of ether oxygens (including phenoxy) is 1. The molecule has 0 amide bonds. The van der Waals surface area contributed by atoms with Gasteiger partial charge < -0.3 is 4.74 Å². The van der Waals surface area contributed by atoms with Crippen molar-refractivity contribution in [1.29, 1.82) is 5.26 Å². The molecule has 1 heterocycles. The second-order valence-electron chi connectivity index (χ2n) is 3.68. The van der Waals surface area contributed by atoms with Crippen LogP contribution in [0.1, 0.15) is 15.4 Å². The number of halogens is 1. The van der Waals surface area contributed by atoms with Crippen LogP contribution in [0.2, 0.25) is 5.02 Å². The van der Waals surface area contributed by atoms with Crippen molar-refractivity contribution < 1.29 is 9.53 Å². The molecule has 2 rings (SSSR count). The van der Waals surface area contributed by atoms with Gasteiger partial charge in [0.05, 0.1) is 5.69 Å². The molecule has 19 heavy (non-hydrogen) atoms. The highest BCUT2D eigenvalue weighted by atomic mass is 35.5. The number of carbonyl (C=O) groups is 1. The van der Waals surface area contributed by atoms with Crippen molar-refractivity contribution in [3.63, 3.8) is 0 Å². The first-order valence-corrected chi connectivity index (χ1v) is 6.58. The van der Waals surface area contributed by atoms with Crippen molar-refractivity contribution in [2.45, 2.75) is 6.92 Å². The summed E-state index contributed by atoms with van der Waals surface area (Å²) < 4.78 is 4.78. The number of hydrogen-bond acceptors (Lipinski definition) is 5. The van der Waals surface area contributed by atoms with Crippen LogP contribution in [0.4, 0.5) is 0 Å². The number of aromatic nitrogens is 1. The van der Waals surface area contributed by atoms with E-state index in [9.17, 15) is 4.79 Å². The van der Waals surface area contributed by atoms with Gasteiger partial charge in [0, 0.05) is 10.6 Å². The number of carbonyl (C=O) groups excluding carboxylic acids is 1. The summed E-state index contributed by atoms with van der Waals surface area (Å²) in [5, 5.41) is 9.70. The lowest BCUT2D eigenvalue weighted by Crippen LogP contribution is -2.04. The Morgan fingerprint density at radius 1 is 1.58 bits per heavy atom. The molecule has 0 N–H and O–H groups in total. The van der Waals surface area contributed by atoms with E-state index in [0.29, 0.717) is 20.6 Å². The standard InChI is InChI=1S/C13H9ClN2O2S/c1-8-11(13(17)18-6-5-15)19-12(16-8)9-3-2-4-10(14)7-9/h2-4,7H,6H2,1H3. The third-order valence-corrected chi connectivity index (χ3v) is 3.74. The fourth-order valence-electron chi connectivity index (χ4n) is 1.49. The number of thiazole rings is 1. The highest BCUT2D eigenvalue weighted by Gasteiger charge is 2.17. The molecule has 0 unspecified atom stereocenters. The van der Waals surface area contributed by atoms with Gasteiger partial charge in [0.15, 0.2) is 6.61 Å². The molecule has 0 radical (unpaired) electrons. The summed E-state index contributed by atoms with van der Waals surface area (Å²) in [6.45, 7) is 1.47. The lowest BCUT2D eigenvalue weighted by molar-refractivity contribution is 0.0559. The molecule has 96 valence electrons. The molecule has 0 aliphatic heterocycles. The number of benzene rings is 1. The molecule has 0 aliphatic carbocycles. The first kappa shape index (κ1) is 13.5. The van der Waals surface area contributed by atoms with E-state index in [1.165, 1.54) is 11.3 Å². The maximum absolute atomic E-state index is 11.7. The predicted octanol–water partition coefficient (Wildman–Crippen LogP) is 3.45. The first-order chi connectivity index (χ1) is 9.11. The number of hydrogen-bond donors (Lipinski definition) is 0. The van der Waals surface area contributed by atoms with Gasteiger partial charge in [-0.05, 0) is 19.1 Å². The van der Waals surface area contributed by atoms with E-state index in [2.05, 4.69) is 4.98 Å². The van der Waals surface area contributed by atoms with Crippen molar-refractivity contribution in [2.75, 3.05) is 6.61 Å². The number of rotatable bonds is 3. The molecule has 0 saturated heterocycles. The summed E-state index contributed by atoms with van der Waals surface area (Å²) in [5.74, 6) is -0.523. The third kappa shape index (κ3) is 3.11. The van der Waals surface area contributed by atoms with Crippen molar-refractivity contribution in [2.24, 2.45) is 0 Å². The second-order valence-corrected chi connectivity index (χ2v) is 5.11. The molecule has 1 aromatic heterocycles. The van der Waals surface area contributed by atoms with Crippen LogP contribution in [-0.4, -0.2) is 17.6 Å². The fourth-order valence-corrected chi connectivity index (χ4v) is 2.64. The molecular formula is C13H9ClN2O2S. The molecule has 0 aliphatic rings. The second kappa shape index (κ2) is 5.83. The average molecular weight is 293 g/mol. The number of esters is 1. The number of nitrogens with zero attached hydrogens (tertiary/aromatic N) is 2. The highest BCUT2D eigenvalue weighted by molar-refractivity contribution is 7.17. The van der Waals surface area contributed by atoms with Crippen LogP contribution in [0.25, 0.3) is 10.6 Å². The van der Waals surface area contributed by atoms with Gasteiger partial charge in [-0.15, -0.1) is 11.3 Å². The Morgan fingerprint density at radius 2 is 2.37 bits per heavy atom. The molecular weight excluding hydrogens is 284 g/mol. The molecule has 0 bridgehead atoms. The summed E-state index contributed by atoms with van der Waals surface area (Å²) in [6.07, 6.45) is 0. The quantitative estimate of drug-likeness (QED) is 0.813. The molecule has 0 fully saturated rings. The SMILES string of the molecule is Cc1nc(-c2cccc(Cl)c2)sc1C(=O)OCC#N. The van der Waals surface area contributed by atoms with Gasteiger partial charge >= 0.3 is 5.97 Å². The van der Waals surface area contributed by atoms with E-state index in [-0.39, 0.29) is 6.61 Å². The van der Waals surface area contributed by atoms with Crippen LogP contribution in [0.5, 0.6) is 0 Å². The Morgan fingerprint density at radius 3 is 3.05 bits per heavy atom.